The number of carbonyl (C=O) groups is 2. The highest BCUT2D eigenvalue weighted by Crippen LogP contribution is 2.25. The van der Waals surface area contributed by atoms with Crippen LogP contribution < -0.4 is 5.32 Å². The summed E-state index contributed by atoms with van der Waals surface area (Å²) in [6.45, 7) is 8.03. The molecule has 8 heteroatoms. The van der Waals surface area contributed by atoms with E-state index in [9.17, 15) is 9.59 Å². The second-order valence-corrected chi connectivity index (χ2v) is 10.8. The van der Waals surface area contributed by atoms with Crippen LogP contribution in [0.25, 0.3) is 0 Å². The molecule has 1 atom stereocenters. The van der Waals surface area contributed by atoms with E-state index in [1.54, 1.807) is 29.2 Å². The van der Waals surface area contributed by atoms with Crippen LogP contribution in [0.5, 0.6) is 0 Å². The molecule has 0 spiro atoms. The minimum atomic E-state index is -0.567. The number of rotatable bonds is 9. The largest absolute Gasteiger partial charge is 0.350 e. The lowest BCUT2D eigenvalue weighted by Crippen LogP contribution is -2.53. The maximum atomic E-state index is 13.2. The number of nitrogens with one attached hydrogen (secondary N) is 1. The third-order valence-corrected chi connectivity index (χ3v) is 6.61. The maximum Gasteiger partial charge on any atom is 0.243 e. The molecule has 32 heavy (non-hydrogen) atoms. The van der Waals surface area contributed by atoms with Crippen molar-refractivity contribution < 1.29 is 9.59 Å². The van der Waals surface area contributed by atoms with Crippen molar-refractivity contribution in [1.29, 1.82) is 0 Å². The molecule has 0 saturated heterocycles. The molecule has 0 heterocycles. The van der Waals surface area contributed by atoms with Gasteiger partial charge in [0.15, 0.2) is 0 Å². The van der Waals surface area contributed by atoms with Crippen molar-refractivity contribution in [3.8, 4) is 0 Å². The van der Waals surface area contributed by atoms with Gasteiger partial charge in [0.2, 0.25) is 11.8 Å². The molecule has 2 rings (SSSR count). The molecule has 0 saturated carbocycles. The van der Waals surface area contributed by atoms with Gasteiger partial charge in [0.25, 0.3) is 0 Å². The van der Waals surface area contributed by atoms with E-state index in [4.69, 9.17) is 34.8 Å². The SMILES string of the molecule is CC[C@@H](C(=O)NC(C)(C)C)N(Cc1ccc(Cl)cc1)C(=O)CSCc1ccc(Cl)c(Cl)c1. The zero-order valence-corrected chi connectivity index (χ0v) is 21.8. The first-order valence-corrected chi connectivity index (χ1v) is 12.7. The topological polar surface area (TPSA) is 49.4 Å². The van der Waals surface area contributed by atoms with Gasteiger partial charge in [-0.3, -0.25) is 9.59 Å². The molecule has 2 aromatic rings. The number of benzene rings is 2. The van der Waals surface area contributed by atoms with Crippen LogP contribution in [-0.4, -0.2) is 34.0 Å². The number of carbonyl (C=O) groups excluding carboxylic acids is 2. The Morgan fingerprint density at radius 3 is 2.19 bits per heavy atom. The van der Waals surface area contributed by atoms with E-state index < -0.39 is 6.04 Å². The zero-order valence-electron chi connectivity index (χ0n) is 18.8. The van der Waals surface area contributed by atoms with Gasteiger partial charge in [0.05, 0.1) is 15.8 Å². The zero-order chi connectivity index (χ0) is 23.9. The first-order chi connectivity index (χ1) is 15.0. The van der Waals surface area contributed by atoms with E-state index in [0.29, 0.717) is 33.8 Å². The summed E-state index contributed by atoms with van der Waals surface area (Å²) in [7, 11) is 0. The lowest BCUT2D eigenvalue weighted by Gasteiger charge is -2.33. The van der Waals surface area contributed by atoms with Gasteiger partial charge in [0, 0.05) is 22.9 Å². The summed E-state index contributed by atoms with van der Waals surface area (Å²) in [5, 5.41) is 4.62. The van der Waals surface area contributed by atoms with Crippen LogP contribution in [0.3, 0.4) is 0 Å². The summed E-state index contributed by atoms with van der Waals surface area (Å²) >= 11 is 19.5. The van der Waals surface area contributed by atoms with Crippen molar-refractivity contribution in [3.05, 3.63) is 68.7 Å². The molecule has 0 aliphatic rings. The van der Waals surface area contributed by atoms with E-state index in [1.165, 1.54) is 11.8 Å². The van der Waals surface area contributed by atoms with Crippen LogP contribution in [0.1, 0.15) is 45.2 Å². The molecule has 0 bridgehead atoms. The van der Waals surface area contributed by atoms with E-state index in [1.807, 2.05) is 45.9 Å². The molecule has 1 N–H and O–H groups in total. The Kier molecular flexibility index (Phi) is 10.2. The lowest BCUT2D eigenvalue weighted by molar-refractivity contribution is -0.140. The molecule has 0 aliphatic carbocycles. The van der Waals surface area contributed by atoms with Gasteiger partial charge in [0.1, 0.15) is 6.04 Å². The summed E-state index contributed by atoms with van der Waals surface area (Å²) in [4.78, 5) is 27.9. The molecule has 0 fully saturated rings. The smallest absolute Gasteiger partial charge is 0.243 e. The Morgan fingerprint density at radius 2 is 1.62 bits per heavy atom. The van der Waals surface area contributed by atoms with Crippen LogP contribution in [0.2, 0.25) is 15.1 Å². The average molecular weight is 516 g/mol. The normalized spacial score (nSPS) is 12.3. The number of thioether (sulfide) groups is 1. The second-order valence-electron chi connectivity index (χ2n) is 8.55. The predicted molar refractivity (Wildman–Crippen MR) is 137 cm³/mol. The lowest BCUT2D eigenvalue weighted by atomic mass is 10.1. The highest BCUT2D eigenvalue weighted by atomic mass is 35.5. The molecular formula is C24H29Cl3N2O2S. The molecule has 174 valence electrons. The van der Waals surface area contributed by atoms with Gasteiger partial charge >= 0.3 is 0 Å². The fraction of sp³-hybridized carbons (Fsp3) is 0.417. The Balaban J connectivity index is 2.15. The van der Waals surface area contributed by atoms with Crippen LogP contribution in [0.15, 0.2) is 42.5 Å². The third kappa shape index (κ3) is 8.51. The van der Waals surface area contributed by atoms with Crippen molar-refractivity contribution in [2.75, 3.05) is 5.75 Å². The van der Waals surface area contributed by atoms with Crippen molar-refractivity contribution in [3.63, 3.8) is 0 Å². The van der Waals surface area contributed by atoms with Crippen LogP contribution in [-0.2, 0) is 21.9 Å². The first kappa shape index (κ1) is 26.8. The van der Waals surface area contributed by atoms with E-state index >= 15 is 0 Å². The van der Waals surface area contributed by atoms with Crippen LogP contribution in [0.4, 0.5) is 0 Å². The highest BCUT2D eigenvalue weighted by Gasteiger charge is 2.30. The Hall–Kier alpha value is -1.40. The van der Waals surface area contributed by atoms with Gasteiger partial charge in [-0.15, -0.1) is 11.8 Å². The fourth-order valence-electron chi connectivity index (χ4n) is 3.13. The third-order valence-electron chi connectivity index (χ3n) is 4.63. The minimum absolute atomic E-state index is 0.0964. The van der Waals surface area contributed by atoms with Crippen molar-refractivity contribution in [1.82, 2.24) is 10.2 Å². The molecule has 2 amide bonds. The van der Waals surface area contributed by atoms with Crippen LogP contribution >= 0.6 is 46.6 Å². The van der Waals surface area contributed by atoms with Gasteiger partial charge < -0.3 is 10.2 Å². The highest BCUT2D eigenvalue weighted by molar-refractivity contribution is 7.99. The standard InChI is InChI=1S/C24H29Cl3N2O2S/c1-5-21(23(31)28-24(2,3)4)29(13-16-6-9-18(25)10-7-16)22(30)15-32-14-17-8-11-19(26)20(27)12-17/h6-12,21H,5,13-15H2,1-4H3,(H,28,31)/t21-/m0/s1. The molecule has 0 aromatic heterocycles. The van der Waals surface area contributed by atoms with Crippen molar-refractivity contribution in [2.45, 2.75) is 58.0 Å². The Bertz CT molecular complexity index is 930. The number of amides is 2. The fourth-order valence-corrected chi connectivity index (χ4v) is 4.43. The average Bonchev–Trinajstić information content (AvgIpc) is 2.70. The van der Waals surface area contributed by atoms with Gasteiger partial charge in [-0.2, -0.15) is 0 Å². The molecule has 0 radical (unpaired) electrons. The number of hydrogen-bond donors (Lipinski definition) is 1. The van der Waals surface area contributed by atoms with Gasteiger partial charge in [-0.05, 0) is 62.6 Å². The number of hydrogen-bond acceptors (Lipinski definition) is 3. The monoisotopic (exact) mass is 514 g/mol. The molecular weight excluding hydrogens is 487 g/mol. The van der Waals surface area contributed by atoms with Gasteiger partial charge in [-0.25, -0.2) is 0 Å². The first-order valence-electron chi connectivity index (χ1n) is 10.4. The Morgan fingerprint density at radius 1 is 1.00 bits per heavy atom. The second kappa shape index (κ2) is 12.2. The van der Waals surface area contributed by atoms with Crippen molar-refractivity contribution in [2.24, 2.45) is 0 Å². The summed E-state index contributed by atoms with van der Waals surface area (Å²) in [5.41, 5.74) is 1.51. The minimum Gasteiger partial charge on any atom is -0.350 e. The number of nitrogens with zero attached hydrogens (tertiary/aromatic N) is 1. The van der Waals surface area contributed by atoms with Crippen LogP contribution in [0, 0.1) is 0 Å². The van der Waals surface area contributed by atoms with Gasteiger partial charge in [-0.1, -0.05) is 59.9 Å². The maximum absolute atomic E-state index is 13.2. The summed E-state index contributed by atoms with van der Waals surface area (Å²) in [6.07, 6.45) is 0.513. The summed E-state index contributed by atoms with van der Waals surface area (Å²) in [5.74, 6) is 0.605. The van der Waals surface area contributed by atoms with E-state index in [2.05, 4.69) is 5.32 Å². The molecule has 0 unspecified atom stereocenters. The predicted octanol–water partition coefficient (Wildman–Crippen LogP) is 6.60. The number of halogens is 3. The Labute approximate surface area is 210 Å². The van der Waals surface area contributed by atoms with E-state index in [0.717, 1.165) is 11.1 Å². The molecule has 0 aliphatic heterocycles. The van der Waals surface area contributed by atoms with E-state index in [-0.39, 0.29) is 23.1 Å². The summed E-state index contributed by atoms with van der Waals surface area (Å²) in [6, 6.07) is 12.2. The quantitative estimate of drug-likeness (QED) is 0.409. The summed E-state index contributed by atoms with van der Waals surface area (Å²) < 4.78 is 0. The molecule has 2 aromatic carbocycles. The molecule has 4 nitrogen and oxygen atoms in total. The van der Waals surface area contributed by atoms with Crippen molar-refractivity contribution >= 4 is 58.4 Å².